The maximum absolute atomic E-state index is 12.6. The Bertz CT molecular complexity index is 509. The molecule has 0 saturated carbocycles. The van der Waals surface area contributed by atoms with Crippen molar-refractivity contribution in [3.8, 4) is 5.88 Å². The highest BCUT2D eigenvalue weighted by Crippen LogP contribution is 2.35. The first-order chi connectivity index (χ1) is 7.27. The van der Waals surface area contributed by atoms with E-state index in [-0.39, 0.29) is 10.4 Å². The number of halogens is 4. The fraction of sp³-hybridized carbons (Fsp3) is 0.286. The van der Waals surface area contributed by atoms with Crippen molar-refractivity contribution in [1.82, 2.24) is 4.98 Å². The van der Waals surface area contributed by atoms with Crippen LogP contribution in [0.3, 0.4) is 0 Å². The fourth-order valence-corrected chi connectivity index (χ4v) is 3.47. The summed E-state index contributed by atoms with van der Waals surface area (Å²) < 4.78 is 51.9. The molecule has 9 heteroatoms. The summed E-state index contributed by atoms with van der Waals surface area (Å²) in [6, 6.07) is 1.14. The molecule has 1 aromatic rings. The van der Waals surface area contributed by atoms with E-state index < -0.39 is 26.1 Å². The summed E-state index contributed by atoms with van der Waals surface area (Å²) in [6.45, 7) is 0. The Morgan fingerprint density at radius 1 is 1.56 bits per heavy atom. The number of rotatable bonds is 3. The maximum atomic E-state index is 12.6. The first-order valence-electron chi connectivity index (χ1n) is 3.74. The second-order valence-electron chi connectivity index (χ2n) is 2.60. The van der Waals surface area contributed by atoms with Crippen molar-refractivity contribution >= 4 is 35.7 Å². The van der Waals surface area contributed by atoms with Crippen molar-refractivity contribution < 1.29 is 21.9 Å². The van der Waals surface area contributed by atoms with E-state index in [1.54, 1.807) is 0 Å². The van der Waals surface area contributed by atoms with Crippen molar-refractivity contribution in [1.29, 1.82) is 0 Å². The number of hydrogen-bond acceptors (Lipinski definition) is 4. The number of methoxy groups -OCH3 is 1. The summed E-state index contributed by atoms with van der Waals surface area (Å²) in [5.74, 6) is -0.133. The summed E-state index contributed by atoms with van der Waals surface area (Å²) in [6.07, 6.45) is -3.07. The van der Waals surface area contributed by atoms with Crippen LogP contribution in [0.1, 0.15) is 12.1 Å². The van der Waals surface area contributed by atoms with Crippen LogP contribution < -0.4 is 4.74 Å². The van der Waals surface area contributed by atoms with Gasteiger partial charge in [0.1, 0.15) is 10.6 Å². The minimum atomic E-state index is -4.31. The van der Waals surface area contributed by atoms with Gasteiger partial charge in [0.05, 0.1) is 7.11 Å². The highest BCUT2D eigenvalue weighted by molar-refractivity contribution is 9.10. The molecule has 0 N–H and O–H groups in total. The lowest BCUT2D eigenvalue weighted by atomic mass is 10.3. The van der Waals surface area contributed by atoms with Crippen molar-refractivity contribution in [3.05, 3.63) is 16.2 Å². The third-order valence-electron chi connectivity index (χ3n) is 1.59. The van der Waals surface area contributed by atoms with Gasteiger partial charge in [-0.15, -0.1) is 0 Å². The van der Waals surface area contributed by atoms with Crippen LogP contribution in [0.25, 0.3) is 0 Å². The third kappa shape index (κ3) is 2.80. The monoisotopic (exact) mass is 335 g/mol. The average Bonchev–Trinajstić information content (AvgIpc) is 2.14. The Balaban J connectivity index is 3.59. The van der Waals surface area contributed by atoms with Crippen LogP contribution in [-0.4, -0.2) is 20.5 Å². The molecule has 1 rings (SSSR count). The third-order valence-corrected chi connectivity index (χ3v) is 3.86. The number of pyridine rings is 1. The normalized spacial score (nSPS) is 11.9. The van der Waals surface area contributed by atoms with Gasteiger partial charge >= 0.3 is 0 Å². The molecule has 16 heavy (non-hydrogen) atoms. The van der Waals surface area contributed by atoms with Gasteiger partial charge in [0.2, 0.25) is 5.88 Å². The van der Waals surface area contributed by atoms with E-state index in [2.05, 4.69) is 25.7 Å². The molecule has 0 unspecified atom stereocenters. The minimum Gasteiger partial charge on any atom is -0.481 e. The highest BCUT2D eigenvalue weighted by atomic mass is 79.9. The molecule has 1 heterocycles. The molecule has 0 fully saturated rings. The van der Waals surface area contributed by atoms with Crippen molar-refractivity contribution in [2.45, 2.75) is 11.3 Å². The summed E-state index contributed by atoms with van der Waals surface area (Å²) >= 11 is 2.83. The van der Waals surface area contributed by atoms with Crippen LogP contribution in [-0.2, 0) is 9.05 Å². The molecule has 0 spiro atoms. The SMILES string of the molecule is COc1cc(Br)c(S(=O)(=O)Cl)c(C(F)F)n1. The van der Waals surface area contributed by atoms with E-state index in [1.807, 2.05) is 0 Å². The molecule has 0 aromatic carbocycles. The fourth-order valence-electron chi connectivity index (χ4n) is 0.992. The topological polar surface area (TPSA) is 56.3 Å². The van der Waals surface area contributed by atoms with Crippen molar-refractivity contribution in [2.75, 3.05) is 7.11 Å². The molecular weight excluding hydrogens is 332 g/mol. The molecule has 1 aromatic heterocycles. The second-order valence-corrected chi connectivity index (χ2v) is 5.96. The van der Waals surface area contributed by atoms with E-state index >= 15 is 0 Å². The van der Waals surface area contributed by atoms with Gasteiger partial charge in [-0.25, -0.2) is 22.2 Å². The Hall–Kier alpha value is -0.470. The zero-order valence-corrected chi connectivity index (χ0v) is 10.9. The van der Waals surface area contributed by atoms with E-state index in [0.717, 1.165) is 6.07 Å². The molecule has 90 valence electrons. The van der Waals surface area contributed by atoms with Crippen LogP contribution in [0.2, 0.25) is 0 Å². The Kier molecular flexibility index (Phi) is 4.08. The number of alkyl halides is 2. The standard InChI is InChI=1S/C7H5BrClF2NO3S/c1-15-4-2-3(8)6(16(9,13)14)5(12-4)7(10)11/h2,7H,1H3. The first kappa shape index (κ1) is 13.6. The number of nitrogens with zero attached hydrogens (tertiary/aromatic N) is 1. The van der Waals surface area contributed by atoms with Gasteiger partial charge in [0.15, 0.2) is 0 Å². The van der Waals surface area contributed by atoms with E-state index in [0.29, 0.717) is 0 Å². The zero-order valence-electron chi connectivity index (χ0n) is 7.75. The molecule has 0 radical (unpaired) electrons. The Morgan fingerprint density at radius 3 is 2.50 bits per heavy atom. The predicted octanol–water partition coefficient (Wildman–Crippen LogP) is 2.72. The highest BCUT2D eigenvalue weighted by Gasteiger charge is 2.27. The van der Waals surface area contributed by atoms with Crippen LogP contribution in [0.15, 0.2) is 15.4 Å². The van der Waals surface area contributed by atoms with Gasteiger partial charge in [0.25, 0.3) is 15.5 Å². The molecule has 0 saturated heterocycles. The van der Waals surface area contributed by atoms with Crippen LogP contribution >= 0.6 is 26.6 Å². The minimum absolute atomic E-state index is 0.121. The predicted molar refractivity (Wildman–Crippen MR) is 56.5 cm³/mol. The molecule has 0 aliphatic carbocycles. The summed E-state index contributed by atoms with van der Waals surface area (Å²) in [5.41, 5.74) is -0.943. The Morgan fingerprint density at radius 2 is 2.12 bits per heavy atom. The quantitative estimate of drug-likeness (QED) is 0.796. The molecule has 0 aliphatic heterocycles. The molecule has 0 atom stereocenters. The van der Waals surface area contributed by atoms with E-state index in [9.17, 15) is 17.2 Å². The average molecular weight is 337 g/mol. The smallest absolute Gasteiger partial charge is 0.281 e. The van der Waals surface area contributed by atoms with Crippen LogP contribution in [0.4, 0.5) is 8.78 Å². The van der Waals surface area contributed by atoms with E-state index in [4.69, 9.17) is 10.7 Å². The van der Waals surface area contributed by atoms with Gasteiger partial charge in [-0.2, -0.15) is 0 Å². The Labute approximate surface area is 103 Å². The summed E-state index contributed by atoms with van der Waals surface area (Å²) in [5, 5.41) is 0. The van der Waals surface area contributed by atoms with Gasteiger partial charge in [-0.05, 0) is 15.9 Å². The summed E-state index contributed by atoms with van der Waals surface area (Å²) in [7, 11) is 1.95. The number of hydrogen-bond donors (Lipinski definition) is 0. The van der Waals surface area contributed by atoms with Crippen LogP contribution in [0.5, 0.6) is 5.88 Å². The van der Waals surface area contributed by atoms with Crippen LogP contribution in [0, 0.1) is 0 Å². The van der Waals surface area contributed by atoms with Crippen molar-refractivity contribution in [3.63, 3.8) is 0 Å². The lowest BCUT2D eigenvalue weighted by Gasteiger charge is -2.09. The lowest BCUT2D eigenvalue weighted by Crippen LogP contribution is -2.04. The van der Waals surface area contributed by atoms with Gasteiger partial charge < -0.3 is 4.74 Å². The van der Waals surface area contributed by atoms with Gasteiger partial charge in [0, 0.05) is 21.2 Å². The lowest BCUT2D eigenvalue weighted by molar-refractivity contribution is 0.141. The molecule has 0 aliphatic rings. The molecule has 0 amide bonds. The zero-order chi connectivity index (χ0) is 12.5. The van der Waals surface area contributed by atoms with Crippen molar-refractivity contribution in [2.24, 2.45) is 0 Å². The number of aromatic nitrogens is 1. The molecule has 4 nitrogen and oxygen atoms in total. The van der Waals surface area contributed by atoms with Gasteiger partial charge in [-0.1, -0.05) is 0 Å². The maximum Gasteiger partial charge on any atom is 0.281 e. The molecule has 0 bridgehead atoms. The molecular formula is C7H5BrClF2NO3S. The van der Waals surface area contributed by atoms with E-state index in [1.165, 1.54) is 7.11 Å². The number of ether oxygens (including phenoxy) is 1. The summed E-state index contributed by atoms with van der Waals surface area (Å²) in [4.78, 5) is 2.61. The van der Waals surface area contributed by atoms with Gasteiger partial charge in [-0.3, -0.25) is 0 Å². The largest absolute Gasteiger partial charge is 0.481 e. The second kappa shape index (κ2) is 4.80. The first-order valence-corrected chi connectivity index (χ1v) is 6.85.